The van der Waals surface area contributed by atoms with E-state index in [1.807, 2.05) is 0 Å². The van der Waals surface area contributed by atoms with Gasteiger partial charge in [-0.1, -0.05) is 22.8 Å². The van der Waals surface area contributed by atoms with E-state index in [4.69, 9.17) is 20.9 Å². The minimum atomic E-state index is -0.727. The highest BCUT2D eigenvalue weighted by atomic mass is 35.5. The highest BCUT2D eigenvalue weighted by Crippen LogP contribution is 2.33. The number of nitrogens with one attached hydrogen (secondary N) is 2. The van der Waals surface area contributed by atoms with Crippen molar-refractivity contribution in [2.24, 2.45) is 0 Å². The van der Waals surface area contributed by atoms with Crippen molar-refractivity contribution in [2.75, 3.05) is 7.11 Å². The van der Waals surface area contributed by atoms with E-state index in [0.717, 1.165) is 0 Å². The molecule has 2 aromatic carbocycles. The lowest BCUT2D eigenvalue weighted by Crippen LogP contribution is -2.41. The van der Waals surface area contributed by atoms with E-state index >= 15 is 0 Å². The average molecular weight is 404 g/mol. The van der Waals surface area contributed by atoms with Crippen molar-refractivity contribution in [2.45, 2.75) is 6.92 Å². The number of aromatic nitrogens is 1. The molecule has 28 heavy (non-hydrogen) atoms. The maximum Gasteiger partial charge on any atom is 0.275 e. The third-order valence-corrected chi connectivity index (χ3v) is 4.25. The number of aryl methyl sites for hydroxylation is 1. The highest BCUT2D eigenvalue weighted by molar-refractivity contribution is 6.33. The number of benzene rings is 2. The van der Waals surface area contributed by atoms with E-state index in [1.165, 1.54) is 44.4 Å². The van der Waals surface area contributed by atoms with Crippen LogP contribution in [0.15, 0.2) is 47.0 Å². The van der Waals surface area contributed by atoms with Crippen LogP contribution in [0.1, 0.15) is 26.5 Å². The van der Waals surface area contributed by atoms with Crippen LogP contribution in [-0.2, 0) is 0 Å². The largest absolute Gasteiger partial charge is 0.497 e. The minimum absolute atomic E-state index is 0.0398. The molecular weight excluding hydrogens is 389 g/mol. The molecule has 0 saturated carbocycles. The Kier molecular flexibility index (Phi) is 5.60. The number of methoxy groups -OCH3 is 1. The number of hydrogen-bond acceptors (Lipinski definition) is 5. The molecule has 1 aromatic heterocycles. The van der Waals surface area contributed by atoms with Crippen LogP contribution >= 0.6 is 11.6 Å². The molecule has 0 unspecified atom stereocenters. The summed E-state index contributed by atoms with van der Waals surface area (Å²) in [5.74, 6) is -1.19. The van der Waals surface area contributed by atoms with Gasteiger partial charge in [0.2, 0.25) is 0 Å². The van der Waals surface area contributed by atoms with Gasteiger partial charge in [-0.25, -0.2) is 4.39 Å². The predicted octanol–water partition coefficient (Wildman–Crippen LogP) is 3.53. The van der Waals surface area contributed by atoms with Crippen LogP contribution in [-0.4, -0.2) is 24.1 Å². The molecule has 0 aliphatic carbocycles. The van der Waals surface area contributed by atoms with Gasteiger partial charge >= 0.3 is 0 Å². The van der Waals surface area contributed by atoms with E-state index < -0.39 is 17.6 Å². The number of carbonyl (C=O) groups is 2. The van der Waals surface area contributed by atoms with Gasteiger partial charge < -0.3 is 9.26 Å². The molecule has 3 rings (SSSR count). The van der Waals surface area contributed by atoms with Crippen molar-refractivity contribution in [3.63, 3.8) is 0 Å². The number of amides is 2. The standard InChI is InChI=1S/C19H15ClFN3O4/c1-10-15(17(24-28-10)16-13(20)4-3-5-14(16)21)19(26)23-22-18(25)11-6-8-12(27-2)9-7-11/h3-9H,1-2H3,(H,22,25)(H,23,26). The van der Waals surface area contributed by atoms with Crippen LogP contribution in [0.4, 0.5) is 4.39 Å². The molecule has 1 heterocycles. The Morgan fingerprint density at radius 2 is 1.79 bits per heavy atom. The molecule has 0 bridgehead atoms. The molecule has 3 aromatic rings. The number of halogens is 2. The first-order valence-corrected chi connectivity index (χ1v) is 8.45. The summed E-state index contributed by atoms with van der Waals surface area (Å²) in [6.07, 6.45) is 0. The number of ether oxygens (including phenoxy) is 1. The van der Waals surface area contributed by atoms with Gasteiger partial charge in [-0.15, -0.1) is 0 Å². The zero-order chi connectivity index (χ0) is 20.3. The highest BCUT2D eigenvalue weighted by Gasteiger charge is 2.25. The zero-order valence-corrected chi connectivity index (χ0v) is 15.6. The molecule has 2 N–H and O–H groups in total. The fraction of sp³-hybridized carbons (Fsp3) is 0.105. The lowest BCUT2D eigenvalue weighted by atomic mass is 10.1. The fourth-order valence-corrected chi connectivity index (χ4v) is 2.78. The third-order valence-electron chi connectivity index (χ3n) is 3.93. The van der Waals surface area contributed by atoms with Crippen LogP contribution in [0.3, 0.4) is 0 Å². The van der Waals surface area contributed by atoms with Gasteiger partial charge in [-0.2, -0.15) is 0 Å². The van der Waals surface area contributed by atoms with Gasteiger partial charge in [0.1, 0.15) is 28.6 Å². The first-order valence-electron chi connectivity index (χ1n) is 8.07. The summed E-state index contributed by atoms with van der Waals surface area (Å²) in [4.78, 5) is 24.7. The summed E-state index contributed by atoms with van der Waals surface area (Å²) in [7, 11) is 1.51. The van der Waals surface area contributed by atoms with Gasteiger partial charge in [-0.3, -0.25) is 20.4 Å². The summed E-state index contributed by atoms with van der Waals surface area (Å²) in [6, 6.07) is 10.4. The quantitative estimate of drug-likeness (QED) is 0.650. The first-order chi connectivity index (χ1) is 13.4. The molecule has 2 amide bonds. The maximum atomic E-state index is 14.2. The average Bonchev–Trinajstić information content (AvgIpc) is 3.07. The van der Waals surface area contributed by atoms with Crippen molar-refractivity contribution >= 4 is 23.4 Å². The predicted molar refractivity (Wildman–Crippen MR) is 99.6 cm³/mol. The maximum absolute atomic E-state index is 14.2. The minimum Gasteiger partial charge on any atom is -0.497 e. The topological polar surface area (TPSA) is 93.5 Å². The van der Waals surface area contributed by atoms with Crippen molar-refractivity contribution in [3.05, 3.63) is 70.2 Å². The zero-order valence-electron chi connectivity index (χ0n) is 14.9. The van der Waals surface area contributed by atoms with Crippen molar-refractivity contribution in [1.29, 1.82) is 0 Å². The number of rotatable bonds is 4. The molecule has 0 aliphatic heterocycles. The third kappa shape index (κ3) is 3.81. The Labute approximate surface area is 164 Å². The van der Waals surface area contributed by atoms with E-state index in [1.54, 1.807) is 12.1 Å². The Morgan fingerprint density at radius 3 is 2.43 bits per heavy atom. The van der Waals surface area contributed by atoms with Gasteiger partial charge in [-0.05, 0) is 43.3 Å². The first kappa shape index (κ1) is 19.4. The molecule has 144 valence electrons. The lowest BCUT2D eigenvalue weighted by Gasteiger charge is -2.09. The fourth-order valence-electron chi connectivity index (χ4n) is 2.52. The second-order valence-electron chi connectivity index (χ2n) is 5.70. The van der Waals surface area contributed by atoms with Gasteiger partial charge in [0.15, 0.2) is 0 Å². The Morgan fingerprint density at radius 1 is 1.11 bits per heavy atom. The smallest absolute Gasteiger partial charge is 0.275 e. The molecule has 0 atom stereocenters. The summed E-state index contributed by atoms with van der Waals surface area (Å²) in [5.41, 5.74) is 4.70. The number of nitrogens with zero attached hydrogens (tertiary/aromatic N) is 1. The molecule has 9 heteroatoms. The van der Waals surface area contributed by atoms with Crippen molar-refractivity contribution in [3.8, 4) is 17.0 Å². The summed E-state index contributed by atoms with van der Waals surface area (Å²) in [6.45, 7) is 1.49. The second kappa shape index (κ2) is 8.10. The van der Waals surface area contributed by atoms with E-state index in [0.29, 0.717) is 11.3 Å². The summed E-state index contributed by atoms with van der Waals surface area (Å²) in [5, 5.41) is 3.82. The van der Waals surface area contributed by atoms with E-state index in [9.17, 15) is 14.0 Å². The van der Waals surface area contributed by atoms with Gasteiger partial charge in [0.05, 0.1) is 17.7 Å². The summed E-state index contributed by atoms with van der Waals surface area (Å²) < 4.78 is 24.3. The summed E-state index contributed by atoms with van der Waals surface area (Å²) >= 11 is 6.05. The van der Waals surface area contributed by atoms with Crippen molar-refractivity contribution < 1.29 is 23.2 Å². The van der Waals surface area contributed by atoms with Crippen LogP contribution in [0.5, 0.6) is 5.75 Å². The number of hydrogen-bond donors (Lipinski definition) is 2. The lowest BCUT2D eigenvalue weighted by molar-refractivity contribution is 0.0846. The molecular formula is C19H15ClFN3O4. The molecule has 7 nitrogen and oxygen atoms in total. The van der Waals surface area contributed by atoms with Crippen LogP contribution in [0.2, 0.25) is 5.02 Å². The van der Waals surface area contributed by atoms with Crippen LogP contribution in [0.25, 0.3) is 11.3 Å². The Bertz CT molecular complexity index is 1010. The molecule has 0 aliphatic rings. The molecule has 0 spiro atoms. The normalized spacial score (nSPS) is 10.4. The van der Waals surface area contributed by atoms with E-state index in [-0.39, 0.29) is 27.6 Å². The van der Waals surface area contributed by atoms with Crippen molar-refractivity contribution in [1.82, 2.24) is 16.0 Å². The molecule has 0 radical (unpaired) electrons. The number of hydrazine groups is 1. The van der Waals surface area contributed by atoms with Gasteiger partial charge in [0.25, 0.3) is 11.8 Å². The second-order valence-corrected chi connectivity index (χ2v) is 6.10. The molecule has 0 saturated heterocycles. The van der Waals surface area contributed by atoms with Crippen LogP contribution < -0.4 is 15.6 Å². The number of carbonyl (C=O) groups excluding carboxylic acids is 2. The Hall–Kier alpha value is -3.39. The van der Waals surface area contributed by atoms with Crippen LogP contribution in [0, 0.1) is 12.7 Å². The SMILES string of the molecule is COc1ccc(C(=O)NNC(=O)c2c(-c3c(F)cccc3Cl)noc2C)cc1. The van der Waals surface area contributed by atoms with Gasteiger partial charge in [0, 0.05) is 5.56 Å². The Balaban J connectivity index is 1.80. The molecule has 0 fully saturated rings. The monoisotopic (exact) mass is 403 g/mol. The van der Waals surface area contributed by atoms with E-state index in [2.05, 4.69) is 16.0 Å².